The van der Waals surface area contributed by atoms with Crippen molar-refractivity contribution < 1.29 is 9.18 Å². The summed E-state index contributed by atoms with van der Waals surface area (Å²) in [5.74, 6) is -0.570. The van der Waals surface area contributed by atoms with Crippen molar-refractivity contribution in [2.24, 2.45) is 5.10 Å². The van der Waals surface area contributed by atoms with Crippen LogP contribution in [-0.2, 0) is 4.79 Å². The molecule has 6 heteroatoms. The monoisotopic (exact) mass is 501 g/mol. The minimum Gasteiger partial charge on any atom is -0.273 e. The summed E-state index contributed by atoms with van der Waals surface area (Å²) in [6.07, 6.45) is 0.405. The highest BCUT2D eigenvalue weighted by Crippen LogP contribution is 2.40. The number of hydrogen-bond donors (Lipinski definition) is 0. The molecule has 2 heterocycles. The quantitative estimate of drug-likeness (QED) is 0.309. The molecule has 0 saturated carbocycles. The second-order valence-electron chi connectivity index (χ2n) is 8.13. The maximum absolute atomic E-state index is 14.7. The van der Waals surface area contributed by atoms with Gasteiger partial charge in [0.25, 0.3) is 0 Å². The molecule has 5 rings (SSSR count). The SMILES string of the molecule is CC(=O)N1N=C(c2c(C)nc3ccc(Br)cc3c2-c2ccccc2)C[C@@H]1c1ccccc1F. The number of carbonyl (C=O) groups excluding carboxylic acids is 1. The van der Waals surface area contributed by atoms with Crippen LogP contribution in [0.2, 0.25) is 0 Å². The lowest BCUT2D eigenvalue weighted by atomic mass is 9.89. The Labute approximate surface area is 199 Å². The zero-order valence-electron chi connectivity index (χ0n) is 18.2. The molecule has 0 radical (unpaired) electrons. The van der Waals surface area contributed by atoms with Crippen LogP contribution in [0, 0.1) is 12.7 Å². The van der Waals surface area contributed by atoms with Gasteiger partial charge in [-0.3, -0.25) is 9.78 Å². The lowest BCUT2D eigenvalue weighted by molar-refractivity contribution is -0.130. The third-order valence-corrected chi connectivity index (χ3v) is 6.47. The zero-order valence-corrected chi connectivity index (χ0v) is 19.8. The van der Waals surface area contributed by atoms with Crippen molar-refractivity contribution >= 4 is 38.5 Å². The Kier molecular flexibility index (Phi) is 5.54. The average molecular weight is 502 g/mol. The minimum atomic E-state index is -0.500. The van der Waals surface area contributed by atoms with E-state index in [2.05, 4.69) is 34.1 Å². The average Bonchev–Trinajstić information content (AvgIpc) is 3.24. The van der Waals surface area contributed by atoms with E-state index in [4.69, 9.17) is 10.1 Å². The van der Waals surface area contributed by atoms with Crippen molar-refractivity contribution in [2.75, 3.05) is 0 Å². The summed E-state index contributed by atoms with van der Waals surface area (Å²) >= 11 is 3.59. The summed E-state index contributed by atoms with van der Waals surface area (Å²) in [7, 11) is 0. The fraction of sp³-hybridized carbons (Fsp3) is 0.148. The van der Waals surface area contributed by atoms with E-state index in [9.17, 15) is 9.18 Å². The van der Waals surface area contributed by atoms with Crippen LogP contribution in [0.3, 0.4) is 0 Å². The van der Waals surface area contributed by atoms with Crippen LogP contribution in [0.5, 0.6) is 0 Å². The van der Waals surface area contributed by atoms with E-state index in [1.165, 1.54) is 18.0 Å². The molecule has 1 aliphatic heterocycles. The molecule has 1 aliphatic rings. The molecule has 0 spiro atoms. The summed E-state index contributed by atoms with van der Waals surface area (Å²) in [4.78, 5) is 17.3. The normalized spacial score (nSPS) is 15.7. The Morgan fingerprint density at radius 2 is 1.76 bits per heavy atom. The van der Waals surface area contributed by atoms with Crippen molar-refractivity contribution in [2.45, 2.75) is 26.3 Å². The third kappa shape index (κ3) is 3.85. The summed E-state index contributed by atoms with van der Waals surface area (Å²) in [6.45, 7) is 3.42. The van der Waals surface area contributed by atoms with Crippen molar-refractivity contribution in [3.8, 4) is 11.1 Å². The van der Waals surface area contributed by atoms with Gasteiger partial charge in [-0.2, -0.15) is 5.10 Å². The molecular formula is C27H21BrFN3O. The number of aromatic nitrogens is 1. The number of rotatable bonds is 3. The first-order valence-electron chi connectivity index (χ1n) is 10.7. The summed E-state index contributed by atoms with van der Waals surface area (Å²) in [5, 5.41) is 7.10. The van der Waals surface area contributed by atoms with Gasteiger partial charge in [-0.1, -0.05) is 64.5 Å². The van der Waals surface area contributed by atoms with E-state index in [0.717, 1.165) is 43.5 Å². The molecule has 4 aromatic rings. The zero-order chi connectivity index (χ0) is 23.1. The summed E-state index contributed by atoms with van der Waals surface area (Å²) < 4.78 is 15.6. The minimum absolute atomic E-state index is 0.228. The molecule has 0 N–H and O–H groups in total. The van der Waals surface area contributed by atoms with Gasteiger partial charge in [0.1, 0.15) is 5.82 Å². The van der Waals surface area contributed by atoms with Crippen LogP contribution in [0.4, 0.5) is 4.39 Å². The van der Waals surface area contributed by atoms with E-state index >= 15 is 0 Å². The Bertz CT molecular complexity index is 1420. The van der Waals surface area contributed by atoms with Crippen molar-refractivity contribution in [1.29, 1.82) is 0 Å². The van der Waals surface area contributed by atoms with E-state index in [0.29, 0.717) is 12.0 Å². The number of hydrazone groups is 1. The first-order valence-corrected chi connectivity index (χ1v) is 11.5. The smallest absolute Gasteiger partial charge is 0.240 e. The van der Waals surface area contributed by atoms with Gasteiger partial charge in [-0.25, -0.2) is 9.40 Å². The topological polar surface area (TPSA) is 45.6 Å². The molecule has 0 unspecified atom stereocenters. The van der Waals surface area contributed by atoms with E-state index in [-0.39, 0.29) is 11.7 Å². The molecule has 4 nitrogen and oxygen atoms in total. The standard InChI is InChI=1S/C27H21BrFN3O/c1-16-26(24-15-25(32(31-24)17(2)33)20-10-6-7-11-22(20)29)27(18-8-4-3-5-9-18)21-14-19(28)12-13-23(21)30-16/h3-14,25H,15H2,1-2H3/t25-/m1/s1. The number of halogens is 2. The highest BCUT2D eigenvalue weighted by atomic mass is 79.9. The van der Waals surface area contributed by atoms with Gasteiger partial charge in [0.2, 0.25) is 5.91 Å². The summed E-state index contributed by atoms with van der Waals surface area (Å²) in [6, 6.07) is 22.2. The first-order chi connectivity index (χ1) is 15.9. The molecule has 0 aliphatic carbocycles. The second-order valence-corrected chi connectivity index (χ2v) is 9.04. The highest BCUT2D eigenvalue weighted by molar-refractivity contribution is 9.10. The predicted molar refractivity (Wildman–Crippen MR) is 132 cm³/mol. The Morgan fingerprint density at radius 1 is 1.03 bits per heavy atom. The van der Waals surface area contributed by atoms with Crippen LogP contribution in [0.15, 0.2) is 82.4 Å². The van der Waals surface area contributed by atoms with Gasteiger partial charge in [0.15, 0.2) is 0 Å². The maximum Gasteiger partial charge on any atom is 0.240 e. The Morgan fingerprint density at radius 3 is 2.48 bits per heavy atom. The number of amides is 1. The number of hydrogen-bond acceptors (Lipinski definition) is 3. The molecule has 0 saturated heterocycles. The maximum atomic E-state index is 14.7. The summed E-state index contributed by atoms with van der Waals surface area (Å²) in [5.41, 5.74) is 5.82. The molecule has 0 fully saturated rings. The Balaban J connectivity index is 1.75. The van der Waals surface area contributed by atoms with Gasteiger partial charge < -0.3 is 0 Å². The van der Waals surface area contributed by atoms with Crippen LogP contribution in [0.1, 0.15) is 36.2 Å². The van der Waals surface area contributed by atoms with Crippen LogP contribution in [0.25, 0.3) is 22.0 Å². The van der Waals surface area contributed by atoms with E-state index in [1.807, 2.05) is 37.3 Å². The first kappa shape index (κ1) is 21.5. The van der Waals surface area contributed by atoms with Gasteiger partial charge in [0, 0.05) is 45.6 Å². The van der Waals surface area contributed by atoms with Crippen LogP contribution in [-0.4, -0.2) is 21.6 Å². The molecular weight excluding hydrogens is 481 g/mol. The van der Waals surface area contributed by atoms with Crippen LogP contribution < -0.4 is 0 Å². The Hall–Kier alpha value is -3.38. The molecule has 1 amide bonds. The lowest BCUT2D eigenvalue weighted by Crippen LogP contribution is -2.25. The van der Waals surface area contributed by atoms with Gasteiger partial charge >= 0.3 is 0 Å². The van der Waals surface area contributed by atoms with E-state index in [1.54, 1.807) is 18.2 Å². The van der Waals surface area contributed by atoms with Gasteiger partial charge in [-0.15, -0.1) is 0 Å². The van der Waals surface area contributed by atoms with Crippen LogP contribution >= 0.6 is 15.9 Å². The third-order valence-electron chi connectivity index (χ3n) is 5.98. The second kappa shape index (κ2) is 8.52. The number of fused-ring (bicyclic) bond motifs is 1. The fourth-order valence-electron chi connectivity index (χ4n) is 4.56. The molecule has 33 heavy (non-hydrogen) atoms. The van der Waals surface area contributed by atoms with E-state index < -0.39 is 6.04 Å². The molecule has 3 aromatic carbocycles. The lowest BCUT2D eigenvalue weighted by Gasteiger charge is -2.20. The molecule has 1 aromatic heterocycles. The number of pyridine rings is 1. The number of carbonyl (C=O) groups is 1. The number of nitrogens with zero attached hydrogens (tertiary/aromatic N) is 3. The van der Waals surface area contributed by atoms with Crippen molar-refractivity contribution in [3.05, 3.63) is 99.9 Å². The number of benzene rings is 3. The highest BCUT2D eigenvalue weighted by Gasteiger charge is 2.35. The molecule has 1 atom stereocenters. The fourth-order valence-corrected chi connectivity index (χ4v) is 4.92. The van der Waals surface area contributed by atoms with Gasteiger partial charge in [-0.05, 0) is 36.8 Å². The molecule has 0 bridgehead atoms. The van der Waals surface area contributed by atoms with Crippen molar-refractivity contribution in [1.82, 2.24) is 9.99 Å². The largest absolute Gasteiger partial charge is 0.273 e. The molecule has 164 valence electrons. The predicted octanol–water partition coefficient (Wildman–Crippen LogP) is 6.81. The number of aryl methyl sites for hydroxylation is 1. The van der Waals surface area contributed by atoms with Crippen molar-refractivity contribution in [3.63, 3.8) is 0 Å². The van der Waals surface area contributed by atoms with Gasteiger partial charge in [0.05, 0.1) is 17.3 Å².